The normalized spacial score (nSPS) is 13.9. The first-order chi connectivity index (χ1) is 9.52. The summed E-state index contributed by atoms with van der Waals surface area (Å²) in [6.07, 6.45) is 0.260. The summed E-state index contributed by atoms with van der Waals surface area (Å²) >= 11 is 0. The number of carbonyl (C=O) groups is 1. The molecule has 0 bridgehead atoms. The monoisotopic (exact) mass is 332 g/mol. The van der Waals surface area contributed by atoms with Crippen molar-refractivity contribution in [1.29, 1.82) is 0 Å². The molecule has 0 aliphatic rings. The highest BCUT2D eigenvalue weighted by molar-refractivity contribution is 7.90. The van der Waals surface area contributed by atoms with E-state index in [1.54, 1.807) is 18.2 Å². The van der Waals surface area contributed by atoms with Crippen molar-refractivity contribution in [2.75, 3.05) is 20.0 Å². The van der Waals surface area contributed by atoms with Gasteiger partial charge in [0.25, 0.3) is 0 Å². The van der Waals surface area contributed by atoms with Crippen molar-refractivity contribution >= 4 is 23.3 Å². The lowest BCUT2D eigenvalue weighted by Crippen LogP contribution is -2.36. The van der Waals surface area contributed by atoms with Gasteiger partial charge in [-0.15, -0.1) is 0 Å². The van der Waals surface area contributed by atoms with Crippen molar-refractivity contribution in [2.45, 2.75) is 30.4 Å². The Bertz CT molecular complexity index is 608. The van der Waals surface area contributed by atoms with Gasteiger partial charge in [-0.05, 0) is 24.6 Å². The van der Waals surface area contributed by atoms with Crippen molar-refractivity contribution in [2.24, 2.45) is 0 Å². The molecule has 1 aromatic rings. The topological polar surface area (TPSA) is 83.5 Å². The zero-order chi connectivity index (χ0) is 16.3. The number of hydrogen-bond acceptors (Lipinski definition) is 3. The van der Waals surface area contributed by atoms with E-state index < -0.39 is 23.3 Å². The summed E-state index contributed by atoms with van der Waals surface area (Å²) in [6, 6.07) is 6.68. The number of rotatable bonds is 7. The molecule has 21 heavy (non-hydrogen) atoms. The SMILES string of the molecule is Cc1cccc(S(=O)(=O)N[C@@H](CCC(=O)O)[P+](C)(C)C)c1. The summed E-state index contributed by atoms with van der Waals surface area (Å²) in [5, 5.41) is 8.81. The van der Waals surface area contributed by atoms with E-state index in [0.717, 1.165) is 5.56 Å². The minimum atomic E-state index is -3.63. The Morgan fingerprint density at radius 1 is 1.33 bits per heavy atom. The Hall–Kier alpha value is -0.970. The number of aliphatic carboxylic acids is 1. The molecule has 0 amide bonds. The molecule has 0 spiro atoms. The summed E-state index contributed by atoms with van der Waals surface area (Å²) in [5.41, 5.74) is 0.866. The molecule has 5 nitrogen and oxygen atoms in total. The third-order valence-electron chi connectivity index (χ3n) is 3.16. The van der Waals surface area contributed by atoms with E-state index in [1.165, 1.54) is 0 Å². The Balaban J connectivity index is 2.99. The summed E-state index contributed by atoms with van der Waals surface area (Å²) < 4.78 is 27.6. The molecular formula is C14H23NO4PS+. The smallest absolute Gasteiger partial charge is 0.303 e. The van der Waals surface area contributed by atoms with Crippen LogP contribution in [0.2, 0.25) is 0 Å². The van der Waals surface area contributed by atoms with Crippen LogP contribution in [0.15, 0.2) is 29.2 Å². The summed E-state index contributed by atoms with van der Waals surface area (Å²) in [4.78, 5) is 11.0. The summed E-state index contributed by atoms with van der Waals surface area (Å²) in [7, 11) is -5.19. The minimum Gasteiger partial charge on any atom is -0.481 e. The largest absolute Gasteiger partial charge is 0.481 e. The van der Waals surface area contributed by atoms with Gasteiger partial charge in [0.05, 0.1) is 11.3 Å². The van der Waals surface area contributed by atoms with Crippen LogP contribution in [0.25, 0.3) is 0 Å². The maximum Gasteiger partial charge on any atom is 0.303 e. The van der Waals surface area contributed by atoms with E-state index in [1.807, 2.05) is 33.0 Å². The molecule has 0 aromatic heterocycles. The molecular weight excluding hydrogens is 309 g/mol. The zero-order valence-electron chi connectivity index (χ0n) is 12.8. The molecule has 0 unspecified atom stereocenters. The Labute approximate surface area is 127 Å². The van der Waals surface area contributed by atoms with Crippen LogP contribution >= 0.6 is 7.26 Å². The Kier molecular flexibility index (Phi) is 5.91. The van der Waals surface area contributed by atoms with E-state index in [9.17, 15) is 13.2 Å². The molecule has 1 atom stereocenters. The van der Waals surface area contributed by atoms with Crippen LogP contribution < -0.4 is 4.72 Å². The van der Waals surface area contributed by atoms with Gasteiger partial charge in [0, 0.05) is 33.7 Å². The lowest BCUT2D eigenvalue weighted by molar-refractivity contribution is -0.137. The second kappa shape index (κ2) is 6.86. The second-order valence-electron chi connectivity index (χ2n) is 6.00. The summed E-state index contributed by atoms with van der Waals surface area (Å²) in [6.45, 7) is 7.83. The van der Waals surface area contributed by atoms with Gasteiger partial charge in [0.1, 0.15) is 5.78 Å². The van der Waals surface area contributed by atoms with Gasteiger partial charge in [-0.3, -0.25) is 4.79 Å². The van der Waals surface area contributed by atoms with E-state index in [2.05, 4.69) is 4.72 Å². The predicted octanol–water partition coefficient (Wildman–Crippen LogP) is 2.37. The standard InChI is InChI=1S/C14H22NO4PS/c1-11-6-5-7-12(10-11)21(18,19)15-13(20(2,3)4)8-9-14(16)17/h5-7,10,13,15H,8-9H2,1-4H3/p+1/t13-/m1/s1. The van der Waals surface area contributed by atoms with Crippen molar-refractivity contribution in [1.82, 2.24) is 4.72 Å². The first-order valence-corrected chi connectivity index (χ1v) is 11.3. The van der Waals surface area contributed by atoms with Crippen LogP contribution in [0, 0.1) is 6.92 Å². The highest BCUT2D eigenvalue weighted by Gasteiger charge is 2.35. The molecule has 1 rings (SSSR count). The Morgan fingerprint density at radius 3 is 2.43 bits per heavy atom. The molecule has 118 valence electrons. The molecule has 7 heteroatoms. The number of nitrogens with one attached hydrogen (secondary N) is 1. The highest BCUT2D eigenvalue weighted by atomic mass is 32.2. The maximum absolute atomic E-state index is 12.4. The van der Waals surface area contributed by atoms with Crippen LogP contribution in [-0.2, 0) is 14.8 Å². The fourth-order valence-corrected chi connectivity index (χ4v) is 5.69. The van der Waals surface area contributed by atoms with Crippen molar-refractivity contribution in [3.63, 3.8) is 0 Å². The average molecular weight is 332 g/mol. The van der Waals surface area contributed by atoms with Crippen molar-refractivity contribution < 1.29 is 18.3 Å². The van der Waals surface area contributed by atoms with E-state index in [0.29, 0.717) is 6.42 Å². The van der Waals surface area contributed by atoms with Crippen LogP contribution in [-0.4, -0.2) is 45.3 Å². The van der Waals surface area contributed by atoms with Crippen LogP contribution in [0.5, 0.6) is 0 Å². The minimum absolute atomic E-state index is 0.0434. The van der Waals surface area contributed by atoms with Gasteiger partial charge >= 0.3 is 5.97 Å². The number of benzene rings is 1. The molecule has 0 aliphatic carbocycles. The first-order valence-electron chi connectivity index (χ1n) is 6.64. The summed E-state index contributed by atoms with van der Waals surface area (Å²) in [5.74, 6) is -1.25. The quantitative estimate of drug-likeness (QED) is 0.751. The average Bonchev–Trinajstić information content (AvgIpc) is 2.33. The highest BCUT2D eigenvalue weighted by Crippen LogP contribution is 2.52. The Morgan fingerprint density at radius 2 is 1.95 bits per heavy atom. The van der Waals surface area contributed by atoms with Gasteiger partial charge in [0.15, 0.2) is 0 Å². The van der Waals surface area contributed by atoms with Gasteiger partial charge in [-0.25, -0.2) is 8.42 Å². The fourth-order valence-electron chi connectivity index (χ4n) is 1.89. The molecule has 0 aliphatic heterocycles. The molecule has 1 aromatic carbocycles. The third kappa shape index (κ3) is 5.73. The third-order valence-corrected chi connectivity index (χ3v) is 7.06. The lowest BCUT2D eigenvalue weighted by Gasteiger charge is -2.25. The number of aryl methyl sites for hydroxylation is 1. The molecule has 2 N–H and O–H groups in total. The van der Waals surface area contributed by atoms with E-state index in [4.69, 9.17) is 5.11 Å². The molecule has 0 saturated carbocycles. The van der Waals surface area contributed by atoms with Crippen molar-refractivity contribution in [3.8, 4) is 0 Å². The lowest BCUT2D eigenvalue weighted by atomic mass is 10.2. The number of sulfonamides is 1. The number of hydrogen-bond donors (Lipinski definition) is 2. The van der Waals surface area contributed by atoms with Gasteiger partial charge in [0.2, 0.25) is 10.0 Å². The van der Waals surface area contributed by atoms with Gasteiger partial charge in [-0.1, -0.05) is 12.1 Å². The van der Waals surface area contributed by atoms with Crippen LogP contribution in [0.4, 0.5) is 0 Å². The number of carboxylic acids is 1. The molecule has 0 fully saturated rings. The zero-order valence-corrected chi connectivity index (χ0v) is 14.5. The molecule has 0 saturated heterocycles. The fraction of sp³-hybridized carbons (Fsp3) is 0.500. The maximum atomic E-state index is 12.4. The first kappa shape index (κ1) is 18.1. The predicted molar refractivity (Wildman–Crippen MR) is 86.9 cm³/mol. The van der Waals surface area contributed by atoms with E-state index >= 15 is 0 Å². The van der Waals surface area contributed by atoms with Gasteiger partial charge in [-0.2, -0.15) is 4.72 Å². The van der Waals surface area contributed by atoms with Gasteiger partial charge < -0.3 is 5.11 Å². The van der Waals surface area contributed by atoms with Crippen LogP contribution in [0.3, 0.4) is 0 Å². The molecule has 0 heterocycles. The second-order valence-corrected chi connectivity index (χ2v) is 12.6. The van der Waals surface area contributed by atoms with E-state index in [-0.39, 0.29) is 17.1 Å². The van der Waals surface area contributed by atoms with Crippen LogP contribution in [0.1, 0.15) is 18.4 Å². The van der Waals surface area contributed by atoms with Crippen molar-refractivity contribution in [3.05, 3.63) is 29.8 Å². The molecule has 0 radical (unpaired) electrons. The number of carboxylic acid groups (broad SMARTS) is 1.